The number of urea groups is 1. The maximum absolute atomic E-state index is 13.2. The van der Waals surface area contributed by atoms with Gasteiger partial charge in [0.25, 0.3) is 0 Å². The molecule has 4 aromatic rings. The molecule has 0 fully saturated rings. The summed E-state index contributed by atoms with van der Waals surface area (Å²) in [5.74, 6) is 0.991. The molecular formula is C32H40N8O4. The number of esters is 1. The van der Waals surface area contributed by atoms with E-state index in [0.29, 0.717) is 24.3 Å². The quantitative estimate of drug-likeness (QED) is 0.235. The van der Waals surface area contributed by atoms with Crippen LogP contribution in [-0.2, 0) is 10.2 Å². The predicted molar refractivity (Wildman–Crippen MR) is 167 cm³/mol. The van der Waals surface area contributed by atoms with Gasteiger partial charge in [-0.05, 0) is 56.9 Å². The minimum atomic E-state index is -0.637. The normalized spacial score (nSPS) is 16.2. The van der Waals surface area contributed by atoms with Crippen molar-refractivity contribution in [3.8, 4) is 5.75 Å². The Hall–Kier alpha value is -4.74. The zero-order valence-corrected chi connectivity index (χ0v) is 26.1. The van der Waals surface area contributed by atoms with E-state index in [0.717, 1.165) is 35.8 Å². The van der Waals surface area contributed by atoms with Gasteiger partial charge in [-0.1, -0.05) is 45.0 Å². The summed E-state index contributed by atoms with van der Waals surface area (Å²) < 4.78 is 13.6. The largest absolute Gasteiger partial charge is 0.484 e. The number of hydrogen-bond donors (Lipinski definition) is 2. The number of anilines is 2. The van der Waals surface area contributed by atoms with Crippen molar-refractivity contribution in [1.29, 1.82) is 0 Å². The van der Waals surface area contributed by atoms with Gasteiger partial charge in [0.05, 0.1) is 24.5 Å². The van der Waals surface area contributed by atoms with Crippen LogP contribution in [0.5, 0.6) is 5.75 Å². The first-order chi connectivity index (χ1) is 21.1. The molecule has 1 aliphatic rings. The van der Waals surface area contributed by atoms with Gasteiger partial charge in [-0.25, -0.2) is 19.6 Å². The zero-order chi connectivity index (χ0) is 31.4. The summed E-state index contributed by atoms with van der Waals surface area (Å²) in [5, 5.41) is 14.6. The highest BCUT2D eigenvalue weighted by Gasteiger charge is 2.30. The molecule has 12 heteroatoms. The molecule has 2 amide bonds. The van der Waals surface area contributed by atoms with E-state index in [1.807, 2.05) is 67.8 Å². The van der Waals surface area contributed by atoms with Gasteiger partial charge in [0.1, 0.15) is 17.7 Å². The van der Waals surface area contributed by atoms with Crippen LogP contribution in [0.2, 0.25) is 0 Å². The van der Waals surface area contributed by atoms with Gasteiger partial charge in [-0.15, -0.1) is 10.2 Å². The summed E-state index contributed by atoms with van der Waals surface area (Å²) in [6, 6.07) is 12.8. The fourth-order valence-electron chi connectivity index (χ4n) is 5.33. The van der Waals surface area contributed by atoms with Crippen LogP contribution in [0, 0.1) is 0 Å². The standard InChI is InChI=1S/C32H40N8O4/c1-7-39(8-2)31-38-37-27-17-14-20(19-40(27)31)44-24-16-15-23(21-12-10-11-13-22(21)24)33-30(42)36-26-18-25(32(4,5)6)34-28(35-26)29(41)43-9-3/h10-14,17-19,23-24H,7-9,15-16H2,1-6H3,(H2,33,34,35,36,42)/t23-,24+/m0/s1. The van der Waals surface area contributed by atoms with Crippen LogP contribution in [0.15, 0.2) is 48.7 Å². The van der Waals surface area contributed by atoms with Crippen LogP contribution >= 0.6 is 0 Å². The van der Waals surface area contributed by atoms with Crippen molar-refractivity contribution < 1.29 is 19.1 Å². The number of benzene rings is 1. The van der Waals surface area contributed by atoms with E-state index in [1.54, 1.807) is 13.0 Å². The second-order valence-electron chi connectivity index (χ2n) is 11.7. The van der Waals surface area contributed by atoms with Crippen molar-refractivity contribution in [2.75, 3.05) is 29.9 Å². The monoisotopic (exact) mass is 600 g/mol. The molecule has 1 aromatic carbocycles. The fourth-order valence-corrected chi connectivity index (χ4v) is 5.33. The molecule has 3 aromatic heterocycles. The van der Waals surface area contributed by atoms with E-state index in [1.165, 1.54) is 0 Å². The first-order valence-corrected chi connectivity index (χ1v) is 15.1. The summed E-state index contributed by atoms with van der Waals surface area (Å²) in [6.45, 7) is 13.7. The van der Waals surface area contributed by atoms with E-state index in [2.05, 4.69) is 49.5 Å². The molecule has 0 bridgehead atoms. The lowest BCUT2D eigenvalue weighted by molar-refractivity contribution is 0.0511. The lowest BCUT2D eigenvalue weighted by Gasteiger charge is -2.32. The van der Waals surface area contributed by atoms with Gasteiger partial charge in [-0.2, -0.15) is 0 Å². The Morgan fingerprint density at radius 1 is 1.00 bits per heavy atom. The van der Waals surface area contributed by atoms with Gasteiger partial charge in [0.2, 0.25) is 11.8 Å². The van der Waals surface area contributed by atoms with Gasteiger partial charge >= 0.3 is 12.0 Å². The van der Waals surface area contributed by atoms with Crippen LogP contribution in [0.4, 0.5) is 16.6 Å². The first-order valence-electron chi connectivity index (χ1n) is 15.1. The summed E-state index contributed by atoms with van der Waals surface area (Å²) in [7, 11) is 0. The molecule has 3 heterocycles. The van der Waals surface area contributed by atoms with Crippen molar-refractivity contribution in [2.24, 2.45) is 0 Å². The molecule has 0 saturated carbocycles. The number of pyridine rings is 1. The van der Waals surface area contributed by atoms with E-state index in [9.17, 15) is 9.59 Å². The van der Waals surface area contributed by atoms with Crippen molar-refractivity contribution in [1.82, 2.24) is 29.9 Å². The Labute approximate surface area is 257 Å². The molecule has 44 heavy (non-hydrogen) atoms. The Morgan fingerprint density at radius 3 is 2.45 bits per heavy atom. The second kappa shape index (κ2) is 12.9. The number of carbonyl (C=O) groups is 2. The number of nitrogens with one attached hydrogen (secondary N) is 2. The maximum atomic E-state index is 13.2. The maximum Gasteiger partial charge on any atom is 0.376 e. The molecule has 0 unspecified atom stereocenters. The number of amides is 2. The van der Waals surface area contributed by atoms with Gasteiger partial charge in [-0.3, -0.25) is 9.72 Å². The average Bonchev–Trinajstić information content (AvgIpc) is 3.41. The fraction of sp³-hybridized carbons (Fsp3) is 0.438. The SMILES string of the molecule is CCOC(=O)c1nc(NC(=O)N[C@H]2CC[C@@H](Oc3ccc4nnc(N(CC)CC)n4c3)c3ccccc32)cc(C(C)(C)C)n1. The van der Waals surface area contributed by atoms with Crippen LogP contribution < -0.4 is 20.3 Å². The molecule has 0 saturated heterocycles. The molecule has 1 aliphatic carbocycles. The highest BCUT2D eigenvalue weighted by molar-refractivity contribution is 5.90. The Kier molecular flexibility index (Phi) is 8.98. The Morgan fingerprint density at radius 2 is 1.75 bits per heavy atom. The number of fused-ring (bicyclic) bond motifs is 2. The van der Waals surface area contributed by atoms with E-state index in [-0.39, 0.29) is 35.8 Å². The van der Waals surface area contributed by atoms with Crippen LogP contribution in [-0.4, -0.2) is 56.3 Å². The third-order valence-corrected chi connectivity index (χ3v) is 7.62. The lowest BCUT2D eigenvalue weighted by atomic mass is 9.85. The Balaban J connectivity index is 1.33. The minimum absolute atomic E-state index is 0.0912. The molecule has 0 radical (unpaired) electrons. The van der Waals surface area contributed by atoms with E-state index >= 15 is 0 Å². The number of ether oxygens (including phenoxy) is 2. The smallest absolute Gasteiger partial charge is 0.376 e. The summed E-state index contributed by atoms with van der Waals surface area (Å²) in [5.41, 5.74) is 2.99. The molecule has 2 N–H and O–H groups in total. The lowest BCUT2D eigenvalue weighted by Crippen LogP contribution is -2.36. The molecule has 5 rings (SSSR count). The third-order valence-electron chi connectivity index (χ3n) is 7.62. The van der Waals surface area contributed by atoms with Gasteiger partial charge in [0.15, 0.2) is 5.65 Å². The molecule has 0 aliphatic heterocycles. The third kappa shape index (κ3) is 6.58. The first kappa shape index (κ1) is 30.7. The second-order valence-corrected chi connectivity index (χ2v) is 11.7. The topological polar surface area (TPSA) is 136 Å². The van der Waals surface area contributed by atoms with Gasteiger partial charge in [0, 0.05) is 24.6 Å². The summed E-state index contributed by atoms with van der Waals surface area (Å²) in [6.07, 6.45) is 3.10. The van der Waals surface area contributed by atoms with Crippen molar-refractivity contribution in [2.45, 2.75) is 71.9 Å². The molecule has 2 atom stereocenters. The van der Waals surface area contributed by atoms with Crippen LogP contribution in [0.25, 0.3) is 5.65 Å². The molecule has 232 valence electrons. The summed E-state index contributed by atoms with van der Waals surface area (Å²) >= 11 is 0. The molecule has 0 spiro atoms. The number of carbonyl (C=O) groups excluding carboxylic acids is 2. The molecular weight excluding hydrogens is 560 g/mol. The van der Waals surface area contributed by atoms with Crippen LogP contribution in [0.1, 0.15) is 94.0 Å². The van der Waals surface area contributed by atoms with E-state index < -0.39 is 12.0 Å². The number of hydrogen-bond acceptors (Lipinski definition) is 9. The minimum Gasteiger partial charge on any atom is -0.484 e. The Bertz CT molecular complexity index is 1640. The van der Waals surface area contributed by atoms with E-state index in [4.69, 9.17) is 9.47 Å². The van der Waals surface area contributed by atoms with Crippen molar-refractivity contribution >= 4 is 29.4 Å². The zero-order valence-electron chi connectivity index (χ0n) is 26.1. The number of nitrogens with zero attached hydrogens (tertiary/aromatic N) is 6. The average molecular weight is 601 g/mol. The highest BCUT2D eigenvalue weighted by atomic mass is 16.5. The van der Waals surface area contributed by atoms with Crippen molar-refractivity contribution in [3.05, 3.63) is 71.3 Å². The summed E-state index contributed by atoms with van der Waals surface area (Å²) in [4.78, 5) is 36.4. The van der Waals surface area contributed by atoms with Crippen molar-refractivity contribution in [3.63, 3.8) is 0 Å². The predicted octanol–water partition coefficient (Wildman–Crippen LogP) is 5.62. The number of aromatic nitrogens is 5. The van der Waals surface area contributed by atoms with Crippen LogP contribution in [0.3, 0.4) is 0 Å². The number of rotatable bonds is 9. The van der Waals surface area contributed by atoms with Gasteiger partial charge < -0.3 is 19.7 Å². The molecule has 12 nitrogen and oxygen atoms in total. The highest BCUT2D eigenvalue weighted by Crippen LogP contribution is 2.39.